The van der Waals surface area contributed by atoms with E-state index in [4.69, 9.17) is 4.74 Å². The Hall–Kier alpha value is -1.80. The molecule has 1 aliphatic carbocycles. The number of thioether (sulfide) groups is 1. The number of amides is 1. The molecule has 0 bridgehead atoms. The van der Waals surface area contributed by atoms with Crippen molar-refractivity contribution in [1.82, 2.24) is 10.2 Å². The molecular formula is C20H26N4O2S2. The molecule has 1 amide bonds. The maximum atomic E-state index is 12.8. The lowest BCUT2D eigenvalue weighted by atomic mass is 9.96. The molecule has 0 radical (unpaired) electrons. The Kier molecular flexibility index (Phi) is 6.36. The first kappa shape index (κ1) is 19.5. The summed E-state index contributed by atoms with van der Waals surface area (Å²) < 4.78 is 6.16. The molecule has 6 nitrogen and oxygen atoms in total. The molecule has 1 saturated carbocycles. The van der Waals surface area contributed by atoms with Gasteiger partial charge >= 0.3 is 0 Å². The molecule has 28 heavy (non-hydrogen) atoms. The predicted octanol–water partition coefficient (Wildman–Crippen LogP) is 4.36. The van der Waals surface area contributed by atoms with E-state index >= 15 is 0 Å². The molecule has 4 rings (SSSR count). The Labute approximate surface area is 174 Å². The van der Waals surface area contributed by atoms with E-state index in [1.807, 2.05) is 23.1 Å². The highest BCUT2D eigenvalue weighted by Crippen LogP contribution is 2.32. The Morgan fingerprint density at radius 1 is 1.29 bits per heavy atom. The van der Waals surface area contributed by atoms with Crippen LogP contribution in [0.5, 0.6) is 5.75 Å². The van der Waals surface area contributed by atoms with Gasteiger partial charge in [0.25, 0.3) is 0 Å². The fraction of sp³-hybridized carbons (Fsp3) is 0.550. The Bertz CT molecular complexity index is 820. The number of hydrogen-bond donors (Lipinski definition) is 1. The molecule has 1 fully saturated rings. The SMILES string of the molecule is COc1ccc2c(c1)CCCN2C(=O)CSc1nnc(NC2CCCCC2)s1. The van der Waals surface area contributed by atoms with Crippen LogP contribution in [0.25, 0.3) is 0 Å². The summed E-state index contributed by atoms with van der Waals surface area (Å²) in [6.45, 7) is 0.767. The van der Waals surface area contributed by atoms with Crippen molar-refractivity contribution in [2.75, 3.05) is 29.6 Å². The van der Waals surface area contributed by atoms with Gasteiger partial charge in [-0.1, -0.05) is 42.4 Å². The van der Waals surface area contributed by atoms with Crippen LogP contribution in [0.1, 0.15) is 44.1 Å². The average Bonchev–Trinajstić information content (AvgIpc) is 3.19. The van der Waals surface area contributed by atoms with Crippen molar-refractivity contribution in [3.05, 3.63) is 23.8 Å². The predicted molar refractivity (Wildman–Crippen MR) is 115 cm³/mol. The highest BCUT2D eigenvalue weighted by Gasteiger charge is 2.23. The van der Waals surface area contributed by atoms with Crippen LogP contribution < -0.4 is 15.0 Å². The van der Waals surface area contributed by atoms with Gasteiger partial charge in [0.1, 0.15) is 5.75 Å². The zero-order valence-electron chi connectivity index (χ0n) is 16.1. The first-order valence-corrected chi connectivity index (χ1v) is 11.7. The zero-order valence-corrected chi connectivity index (χ0v) is 17.8. The molecule has 1 N–H and O–H groups in total. The quantitative estimate of drug-likeness (QED) is 0.703. The number of methoxy groups -OCH3 is 1. The van der Waals surface area contributed by atoms with Crippen LogP contribution in [-0.2, 0) is 11.2 Å². The number of benzene rings is 1. The number of ether oxygens (including phenoxy) is 1. The number of nitrogens with one attached hydrogen (secondary N) is 1. The Morgan fingerprint density at radius 2 is 2.14 bits per heavy atom. The molecular weight excluding hydrogens is 392 g/mol. The Morgan fingerprint density at radius 3 is 2.96 bits per heavy atom. The molecule has 150 valence electrons. The maximum absolute atomic E-state index is 12.8. The third kappa shape index (κ3) is 4.60. The summed E-state index contributed by atoms with van der Waals surface area (Å²) in [4.78, 5) is 14.7. The summed E-state index contributed by atoms with van der Waals surface area (Å²) >= 11 is 3.02. The van der Waals surface area contributed by atoms with Crippen LogP contribution in [0.4, 0.5) is 10.8 Å². The molecule has 0 unspecified atom stereocenters. The maximum Gasteiger partial charge on any atom is 0.237 e. The zero-order chi connectivity index (χ0) is 19.3. The van der Waals surface area contributed by atoms with Gasteiger partial charge in [0.15, 0.2) is 4.34 Å². The smallest absolute Gasteiger partial charge is 0.237 e. The van der Waals surface area contributed by atoms with Crippen LogP contribution >= 0.6 is 23.1 Å². The van der Waals surface area contributed by atoms with Gasteiger partial charge in [-0.25, -0.2) is 0 Å². The van der Waals surface area contributed by atoms with Gasteiger partial charge < -0.3 is 15.0 Å². The van der Waals surface area contributed by atoms with Gasteiger partial charge in [-0.2, -0.15) is 0 Å². The number of carbonyl (C=O) groups excluding carboxylic acids is 1. The molecule has 1 aliphatic heterocycles. The second-order valence-electron chi connectivity index (χ2n) is 7.28. The van der Waals surface area contributed by atoms with Crippen LogP contribution in [0, 0.1) is 0 Å². The number of anilines is 2. The summed E-state index contributed by atoms with van der Waals surface area (Å²) in [5.41, 5.74) is 2.19. The van der Waals surface area contributed by atoms with Gasteiger partial charge in [-0.05, 0) is 49.4 Å². The molecule has 1 aromatic heterocycles. The van der Waals surface area contributed by atoms with Crippen molar-refractivity contribution >= 4 is 39.8 Å². The number of aryl methyl sites for hydroxylation is 1. The van der Waals surface area contributed by atoms with Crippen molar-refractivity contribution in [2.24, 2.45) is 0 Å². The summed E-state index contributed by atoms with van der Waals surface area (Å²) in [7, 11) is 1.67. The lowest BCUT2D eigenvalue weighted by Gasteiger charge is -2.29. The largest absolute Gasteiger partial charge is 0.497 e. The van der Waals surface area contributed by atoms with Crippen molar-refractivity contribution in [3.63, 3.8) is 0 Å². The minimum Gasteiger partial charge on any atom is -0.497 e. The summed E-state index contributed by atoms with van der Waals surface area (Å²) in [6, 6.07) is 6.47. The number of aromatic nitrogens is 2. The first-order valence-electron chi connectivity index (χ1n) is 9.93. The summed E-state index contributed by atoms with van der Waals surface area (Å²) in [6.07, 6.45) is 8.29. The number of carbonyl (C=O) groups is 1. The number of fused-ring (bicyclic) bond motifs is 1. The van der Waals surface area contributed by atoms with Gasteiger partial charge in [-0.15, -0.1) is 10.2 Å². The van der Waals surface area contributed by atoms with Crippen molar-refractivity contribution < 1.29 is 9.53 Å². The number of rotatable bonds is 6. The number of hydrogen-bond acceptors (Lipinski definition) is 7. The van der Waals surface area contributed by atoms with Crippen molar-refractivity contribution in [1.29, 1.82) is 0 Å². The normalized spacial score (nSPS) is 17.2. The third-order valence-corrected chi connectivity index (χ3v) is 7.34. The second kappa shape index (κ2) is 9.13. The molecule has 8 heteroatoms. The molecule has 2 heterocycles. The number of nitrogens with zero attached hydrogens (tertiary/aromatic N) is 3. The topological polar surface area (TPSA) is 67.3 Å². The van der Waals surface area contributed by atoms with E-state index in [2.05, 4.69) is 15.5 Å². The van der Waals surface area contributed by atoms with E-state index < -0.39 is 0 Å². The van der Waals surface area contributed by atoms with Crippen LogP contribution in [0.15, 0.2) is 22.5 Å². The fourth-order valence-electron chi connectivity index (χ4n) is 3.91. The summed E-state index contributed by atoms with van der Waals surface area (Å²) in [5, 5.41) is 12.9. The fourth-order valence-corrected chi connectivity index (χ4v) is 5.61. The van der Waals surface area contributed by atoms with Crippen LogP contribution in [0.2, 0.25) is 0 Å². The van der Waals surface area contributed by atoms with E-state index in [1.165, 1.54) is 49.4 Å². The molecule has 2 aromatic rings. The first-order chi connectivity index (χ1) is 13.7. The van der Waals surface area contributed by atoms with E-state index in [0.717, 1.165) is 40.3 Å². The van der Waals surface area contributed by atoms with Crippen LogP contribution in [-0.4, -0.2) is 41.6 Å². The van der Waals surface area contributed by atoms with Gasteiger partial charge in [0.2, 0.25) is 11.0 Å². The molecule has 0 atom stereocenters. The van der Waals surface area contributed by atoms with Gasteiger partial charge in [0, 0.05) is 18.3 Å². The highest BCUT2D eigenvalue weighted by atomic mass is 32.2. The van der Waals surface area contributed by atoms with E-state index in [-0.39, 0.29) is 5.91 Å². The molecule has 0 spiro atoms. The average molecular weight is 419 g/mol. The minimum atomic E-state index is 0.119. The van der Waals surface area contributed by atoms with E-state index in [9.17, 15) is 4.79 Å². The lowest BCUT2D eigenvalue weighted by Crippen LogP contribution is -2.36. The summed E-state index contributed by atoms with van der Waals surface area (Å²) in [5.74, 6) is 1.34. The lowest BCUT2D eigenvalue weighted by molar-refractivity contribution is -0.116. The Balaban J connectivity index is 1.34. The van der Waals surface area contributed by atoms with Gasteiger partial charge in [0.05, 0.1) is 12.9 Å². The molecule has 2 aliphatic rings. The monoisotopic (exact) mass is 418 g/mol. The van der Waals surface area contributed by atoms with E-state index in [1.54, 1.807) is 18.4 Å². The third-order valence-electron chi connectivity index (χ3n) is 5.36. The van der Waals surface area contributed by atoms with Gasteiger partial charge in [-0.3, -0.25) is 4.79 Å². The molecule has 0 saturated heterocycles. The minimum absolute atomic E-state index is 0.119. The van der Waals surface area contributed by atoms with Crippen LogP contribution in [0.3, 0.4) is 0 Å². The van der Waals surface area contributed by atoms with E-state index in [0.29, 0.717) is 11.8 Å². The highest BCUT2D eigenvalue weighted by molar-refractivity contribution is 8.01. The standard InChI is InChI=1S/C20H26N4O2S2/c1-26-16-9-10-17-14(12-16)6-5-11-24(17)18(25)13-27-20-23-22-19(28-20)21-15-7-3-2-4-8-15/h9-10,12,15H,2-8,11,13H2,1H3,(H,21,22). The second-order valence-corrected chi connectivity index (χ2v) is 9.48. The van der Waals surface area contributed by atoms with Crippen molar-refractivity contribution in [2.45, 2.75) is 55.3 Å². The van der Waals surface area contributed by atoms with Crippen molar-refractivity contribution in [3.8, 4) is 5.75 Å². The molecule has 1 aromatic carbocycles.